The summed E-state index contributed by atoms with van der Waals surface area (Å²) < 4.78 is 0. The van der Waals surface area contributed by atoms with E-state index in [-0.39, 0.29) is 24.2 Å². The normalized spacial score (nSPS) is 32.1. The maximum absolute atomic E-state index is 13.7. The van der Waals surface area contributed by atoms with E-state index in [1.165, 1.54) is 32.2 Å². The molecule has 2 saturated carbocycles. The third-order valence-electron chi connectivity index (χ3n) is 7.50. The van der Waals surface area contributed by atoms with Gasteiger partial charge in [0.2, 0.25) is 5.91 Å². The fraction of sp³-hybridized carbons (Fsp3) is 0.458. The Balaban J connectivity index is 1.87. The van der Waals surface area contributed by atoms with E-state index >= 15 is 0 Å². The third kappa shape index (κ3) is 3.33. The number of hydrogen-bond acceptors (Lipinski definition) is 10. The zero-order valence-electron chi connectivity index (χ0n) is 19.5. The Labute approximate surface area is 200 Å². The van der Waals surface area contributed by atoms with Gasteiger partial charge in [0.05, 0.1) is 30.3 Å². The third-order valence-corrected chi connectivity index (χ3v) is 7.50. The minimum atomic E-state index is -2.74. The molecule has 1 amide bonds. The quantitative estimate of drug-likeness (QED) is 0.298. The highest BCUT2D eigenvalue weighted by Gasteiger charge is 2.69. The van der Waals surface area contributed by atoms with Gasteiger partial charge in [0, 0.05) is 11.5 Å². The number of nitrogens with two attached hydrogens (primary N) is 1. The summed E-state index contributed by atoms with van der Waals surface area (Å²) in [6.07, 6.45) is 0.114. The topological polar surface area (TPSA) is 176 Å². The van der Waals surface area contributed by atoms with Gasteiger partial charge in [-0.05, 0) is 50.6 Å². The predicted octanol–water partition coefficient (Wildman–Crippen LogP) is -1.01. The number of amides is 1. The number of benzene rings is 1. The van der Waals surface area contributed by atoms with Crippen molar-refractivity contribution in [2.24, 2.45) is 29.4 Å². The van der Waals surface area contributed by atoms with Gasteiger partial charge in [-0.25, -0.2) is 0 Å². The number of phenolic OH excluding ortho intramolecular Hbond substituents is 1. The van der Waals surface area contributed by atoms with Gasteiger partial charge >= 0.3 is 0 Å². The molecule has 3 aliphatic carbocycles. The van der Waals surface area contributed by atoms with Crippen LogP contribution >= 0.6 is 0 Å². The smallest absolute Gasteiger partial charge is 0.235 e. The van der Waals surface area contributed by atoms with Gasteiger partial charge < -0.3 is 15.9 Å². The van der Waals surface area contributed by atoms with Crippen LogP contribution in [0.4, 0.5) is 0 Å². The fourth-order valence-corrected chi connectivity index (χ4v) is 6.07. The molecule has 1 aromatic carbocycles. The molecule has 0 aromatic heterocycles. The lowest BCUT2D eigenvalue weighted by Crippen LogP contribution is -2.74. The highest BCUT2D eigenvalue weighted by atomic mass is 16.6. The summed E-state index contributed by atoms with van der Waals surface area (Å²) in [5.74, 6) is -10.8. The van der Waals surface area contributed by atoms with Crippen LogP contribution in [0.2, 0.25) is 0 Å². The number of primary amides is 1. The van der Waals surface area contributed by atoms with Crippen molar-refractivity contribution >= 4 is 34.7 Å². The lowest BCUT2D eigenvalue weighted by molar-refractivity contribution is -0.181. The predicted molar refractivity (Wildman–Crippen MR) is 121 cm³/mol. The van der Waals surface area contributed by atoms with Crippen molar-refractivity contribution in [2.45, 2.75) is 24.5 Å². The first-order valence-electron chi connectivity index (χ1n) is 11.1. The Morgan fingerprint density at radius 1 is 1.23 bits per heavy atom. The number of nitrogens with zero attached hydrogens (tertiary/aromatic N) is 1. The van der Waals surface area contributed by atoms with Crippen LogP contribution < -0.4 is 11.2 Å². The molecule has 3 aliphatic rings. The number of aliphatic hydroxyl groups is 1. The first kappa shape index (κ1) is 24.7. The number of rotatable bonds is 5. The Morgan fingerprint density at radius 2 is 1.89 bits per heavy atom. The summed E-state index contributed by atoms with van der Waals surface area (Å²) in [7, 11) is 4.45. The SMILES string of the molecule is C=C(NOC)c1ccc(O)c2c1C[C@H]1C[C@H]3[C@H](N(C)C)C(=O)C(C(N)=O)C(=O)[C@@]3(O)C(=O)C1C2=O. The maximum atomic E-state index is 13.7. The Kier molecular flexibility index (Phi) is 5.90. The zero-order valence-corrected chi connectivity index (χ0v) is 19.5. The number of fused-ring (bicyclic) bond motifs is 3. The van der Waals surface area contributed by atoms with Gasteiger partial charge in [-0.2, -0.15) is 0 Å². The van der Waals surface area contributed by atoms with Crippen LogP contribution in [0.25, 0.3) is 5.70 Å². The second-order valence-corrected chi connectivity index (χ2v) is 9.56. The van der Waals surface area contributed by atoms with Gasteiger partial charge in [0.1, 0.15) is 5.75 Å². The number of nitrogens with one attached hydrogen (secondary N) is 1. The van der Waals surface area contributed by atoms with Crippen molar-refractivity contribution in [3.05, 3.63) is 35.4 Å². The molecule has 11 heteroatoms. The van der Waals surface area contributed by atoms with Crippen molar-refractivity contribution in [1.29, 1.82) is 0 Å². The van der Waals surface area contributed by atoms with Crippen molar-refractivity contribution in [2.75, 3.05) is 21.2 Å². The van der Waals surface area contributed by atoms with Crippen LogP contribution in [0, 0.1) is 23.7 Å². The molecule has 0 aliphatic heterocycles. The number of carbonyl (C=O) groups is 5. The molecule has 0 saturated heterocycles. The molecule has 4 rings (SSSR count). The van der Waals surface area contributed by atoms with E-state index in [1.54, 1.807) is 6.07 Å². The van der Waals surface area contributed by atoms with E-state index in [0.717, 1.165) is 0 Å². The second-order valence-electron chi connectivity index (χ2n) is 9.56. The number of ketones is 4. The summed E-state index contributed by atoms with van der Waals surface area (Å²) in [6.45, 7) is 3.88. The molecule has 1 aromatic rings. The van der Waals surface area contributed by atoms with E-state index < -0.39 is 64.4 Å². The van der Waals surface area contributed by atoms with Crippen LogP contribution in [0.3, 0.4) is 0 Å². The molecule has 0 spiro atoms. The van der Waals surface area contributed by atoms with E-state index in [2.05, 4.69) is 12.1 Å². The lowest BCUT2D eigenvalue weighted by atomic mass is 9.52. The Morgan fingerprint density at radius 3 is 2.46 bits per heavy atom. The van der Waals surface area contributed by atoms with Gasteiger partial charge in [-0.1, -0.05) is 6.58 Å². The molecule has 2 unspecified atom stereocenters. The molecule has 186 valence electrons. The molecule has 5 N–H and O–H groups in total. The average molecular weight is 485 g/mol. The highest BCUT2D eigenvalue weighted by molar-refractivity contribution is 6.32. The molecular weight excluding hydrogens is 458 g/mol. The second kappa shape index (κ2) is 8.36. The van der Waals surface area contributed by atoms with Gasteiger partial charge in [0.15, 0.2) is 34.7 Å². The van der Waals surface area contributed by atoms with Crippen LogP contribution in [0.15, 0.2) is 18.7 Å². The van der Waals surface area contributed by atoms with Crippen molar-refractivity contribution in [3.63, 3.8) is 0 Å². The zero-order chi connectivity index (χ0) is 26.0. The summed E-state index contributed by atoms with van der Waals surface area (Å²) in [5, 5.41) is 22.0. The molecule has 2 fully saturated rings. The number of likely N-dealkylation sites (N-methyl/N-ethyl adjacent to an activating group) is 1. The standard InChI is InChI=1S/C24H27N3O8/c1-9(26-35-4)11-5-6-14(28)16-12(11)7-10-8-13-18(27(2)3)20(30)17(23(25)33)22(32)24(13,34)21(31)15(10)19(16)29/h5-6,10,13,15,17-18,26,28,34H,1,7-8H2,2-4H3,(H2,25,33)/t10-,13-,15?,17?,18-,24-/m0/s1. The van der Waals surface area contributed by atoms with Crippen LogP contribution in [-0.2, 0) is 30.4 Å². The van der Waals surface area contributed by atoms with Crippen molar-refractivity contribution < 1.29 is 39.0 Å². The van der Waals surface area contributed by atoms with Crippen LogP contribution in [0.1, 0.15) is 27.9 Å². The summed E-state index contributed by atoms with van der Waals surface area (Å²) in [4.78, 5) is 71.9. The molecule has 0 radical (unpaired) electrons. The molecular formula is C24H27N3O8. The van der Waals surface area contributed by atoms with Crippen molar-refractivity contribution in [3.8, 4) is 5.75 Å². The molecule has 6 atom stereocenters. The van der Waals surface area contributed by atoms with Crippen LogP contribution in [-0.4, -0.2) is 77.0 Å². The molecule has 11 nitrogen and oxygen atoms in total. The summed E-state index contributed by atoms with van der Waals surface area (Å²) >= 11 is 0. The molecule has 0 heterocycles. The number of carbonyl (C=O) groups excluding carboxylic acids is 5. The monoisotopic (exact) mass is 485 g/mol. The number of hydroxylamine groups is 1. The van der Waals surface area contributed by atoms with E-state index in [9.17, 15) is 34.2 Å². The summed E-state index contributed by atoms with van der Waals surface area (Å²) in [5.41, 5.74) is 6.31. The minimum Gasteiger partial charge on any atom is -0.507 e. The summed E-state index contributed by atoms with van der Waals surface area (Å²) in [6, 6.07) is 1.70. The van der Waals surface area contributed by atoms with E-state index in [0.29, 0.717) is 16.8 Å². The lowest BCUT2D eigenvalue weighted by Gasteiger charge is -2.52. The first-order chi connectivity index (χ1) is 16.4. The minimum absolute atomic E-state index is 0.0246. The molecule has 35 heavy (non-hydrogen) atoms. The van der Waals surface area contributed by atoms with Gasteiger partial charge in [-0.15, -0.1) is 0 Å². The number of phenols is 1. The largest absolute Gasteiger partial charge is 0.507 e. The number of hydrogen-bond donors (Lipinski definition) is 4. The van der Waals surface area contributed by atoms with E-state index in [4.69, 9.17) is 10.6 Å². The van der Waals surface area contributed by atoms with Crippen LogP contribution in [0.5, 0.6) is 5.75 Å². The molecule has 0 bridgehead atoms. The first-order valence-corrected chi connectivity index (χ1v) is 11.1. The fourth-order valence-electron chi connectivity index (χ4n) is 6.07. The van der Waals surface area contributed by atoms with Gasteiger partial charge in [0.25, 0.3) is 0 Å². The van der Waals surface area contributed by atoms with E-state index in [1.807, 2.05) is 0 Å². The number of Topliss-reactive ketones (excluding diaryl/α,β-unsaturated/α-hetero) is 4. The highest BCUT2D eigenvalue weighted by Crippen LogP contribution is 2.51. The number of aromatic hydroxyl groups is 1. The maximum Gasteiger partial charge on any atom is 0.235 e. The Hall–Kier alpha value is -3.41. The van der Waals surface area contributed by atoms with Crippen molar-refractivity contribution in [1.82, 2.24) is 10.4 Å². The average Bonchev–Trinajstić information content (AvgIpc) is 2.76. The van der Waals surface area contributed by atoms with Gasteiger partial charge in [-0.3, -0.25) is 39.2 Å². The Bertz CT molecular complexity index is 1190.